The summed E-state index contributed by atoms with van der Waals surface area (Å²) in [4.78, 5) is 13.4. The molecular formula is C12H14F2N2O2. The Balaban J connectivity index is 1.92. The Labute approximate surface area is 103 Å². The quantitative estimate of drug-likeness (QED) is 0.847. The summed E-state index contributed by atoms with van der Waals surface area (Å²) in [6, 6.07) is 2.89. The van der Waals surface area contributed by atoms with Gasteiger partial charge in [0.1, 0.15) is 11.6 Å². The molecule has 0 aliphatic carbocycles. The summed E-state index contributed by atoms with van der Waals surface area (Å²) < 4.78 is 26.2. The minimum absolute atomic E-state index is 0.0625. The molecule has 1 aliphatic rings. The van der Waals surface area contributed by atoms with Crippen LogP contribution in [0.3, 0.4) is 0 Å². The molecule has 0 bridgehead atoms. The van der Waals surface area contributed by atoms with E-state index < -0.39 is 23.6 Å². The van der Waals surface area contributed by atoms with Crippen molar-refractivity contribution < 1.29 is 18.7 Å². The lowest BCUT2D eigenvalue weighted by atomic mass is 10.3. The van der Waals surface area contributed by atoms with Crippen LogP contribution < -0.4 is 5.32 Å². The first kappa shape index (κ1) is 12.9. The van der Waals surface area contributed by atoms with E-state index in [-0.39, 0.29) is 12.2 Å². The van der Waals surface area contributed by atoms with Gasteiger partial charge >= 0.3 is 0 Å². The molecule has 2 N–H and O–H groups in total. The van der Waals surface area contributed by atoms with E-state index >= 15 is 0 Å². The standard InChI is InChI=1S/C12H14F2N2O2/c13-8-1-2-10(14)11(5-8)15-12(18)7-16-4-3-9(17)6-16/h1-2,5,9,17H,3-4,6-7H2,(H,15,18)/t9-/m1/s1. The first-order valence-electron chi connectivity index (χ1n) is 5.70. The fourth-order valence-corrected chi connectivity index (χ4v) is 1.94. The fraction of sp³-hybridized carbons (Fsp3) is 0.417. The molecule has 0 unspecified atom stereocenters. The lowest BCUT2D eigenvalue weighted by Crippen LogP contribution is -2.32. The van der Waals surface area contributed by atoms with Crippen LogP contribution in [-0.2, 0) is 4.79 Å². The van der Waals surface area contributed by atoms with Crippen LogP contribution in [0.1, 0.15) is 6.42 Å². The number of β-amino-alcohol motifs (C(OH)–C–C–N with tert-alkyl or cyclic N) is 1. The highest BCUT2D eigenvalue weighted by molar-refractivity contribution is 5.92. The normalized spacial score (nSPS) is 20.1. The first-order valence-corrected chi connectivity index (χ1v) is 5.70. The average Bonchev–Trinajstić information content (AvgIpc) is 2.69. The highest BCUT2D eigenvalue weighted by Gasteiger charge is 2.22. The first-order chi connectivity index (χ1) is 8.54. The third-order valence-electron chi connectivity index (χ3n) is 2.82. The van der Waals surface area contributed by atoms with Crippen molar-refractivity contribution in [3.05, 3.63) is 29.8 Å². The molecule has 1 heterocycles. The summed E-state index contributed by atoms with van der Waals surface area (Å²) in [5, 5.41) is 11.6. The summed E-state index contributed by atoms with van der Waals surface area (Å²) in [6.45, 7) is 1.12. The van der Waals surface area contributed by atoms with Gasteiger partial charge in [0.25, 0.3) is 0 Å². The van der Waals surface area contributed by atoms with Crippen molar-refractivity contribution in [2.24, 2.45) is 0 Å². The average molecular weight is 256 g/mol. The molecule has 6 heteroatoms. The summed E-state index contributed by atoms with van der Waals surface area (Å²) in [6.07, 6.45) is 0.213. The van der Waals surface area contributed by atoms with Crippen LogP contribution in [0.25, 0.3) is 0 Å². The Kier molecular flexibility index (Phi) is 3.88. The highest BCUT2D eigenvalue weighted by Crippen LogP contribution is 2.15. The number of likely N-dealkylation sites (tertiary alicyclic amines) is 1. The number of amides is 1. The molecule has 0 aromatic heterocycles. The SMILES string of the molecule is O=C(CN1CC[C@@H](O)C1)Nc1cc(F)ccc1F. The summed E-state index contributed by atoms with van der Waals surface area (Å²) in [7, 11) is 0. The van der Waals surface area contributed by atoms with Gasteiger partial charge in [-0.3, -0.25) is 9.69 Å². The number of rotatable bonds is 3. The van der Waals surface area contributed by atoms with Gasteiger partial charge in [-0.15, -0.1) is 0 Å². The van der Waals surface area contributed by atoms with Crippen molar-refractivity contribution in [1.29, 1.82) is 0 Å². The van der Waals surface area contributed by atoms with Crippen LogP contribution in [0.15, 0.2) is 18.2 Å². The topological polar surface area (TPSA) is 52.6 Å². The number of aliphatic hydroxyl groups is 1. The van der Waals surface area contributed by atoms with Gasteiger partial charge in [0, 0.05) is 19.2 Å². The maximum absolute atomic E-state index is 13.3. The second kappa shape index (κ2) is 5.41. The molecule has 98 valence electrons. The third kappa shape index (κ3) is 3.24. The maximum atomic E-state index is 13.3. The number of hydrogen-bond donors (Lipinski definition) is 2. The zero-order valence-corrected chi connectivity index (χ0v) is 9.70. The summed E-state index contributed by atoms with van der Waals surface area (Å²) in [5.41, 5.74) is -0.167. The molecule has 0 saturated carbocycles. The smallest absolute Gasteiger partial charge is 0.238 e. The lowest BCUT2D eigenvalue weighted by molar-refractivity contribution is -0.117. The number of carbonyl (C=O) groups is 1. The molecule has 1 amide bonds. The molecule has 1 fully saturated rings. The number of halogens is 2. The number of aliphatic hydroxyl groups excluding tert-OH is 1. The van der Waals surface area contributed by atoms with Gasteiger partial charge in [0.2, 0.25) is 5.91 Å². The van der Waals surface area contributed by atoms with Gasteiger partial charge in [0.05, 0.1) is 18.3 Å². The predicted octanol–water partition coefficient (Wildman–Crippen LogP) is 0.970. The molecule has 0 spiro atoms. The van der Waals surface area contributed by atoms with Crippen LogP contribution in [-0.4, -0.2) is 41.7 Å². The minimum Gasteiger partial charge on any atom is -0.392 e. The molecule has 1 aliphatic heterocycles. The third-order valence-corrected chi connectivity index (χ3v) is 2.82. The van der Waals surface area contributed by atoms with E-state index in [1.807, 2.05) is 0 Å². The van der Waals surface area contributed by atoms with E-state index in [0.29, 0.717) is 19.5 Å². The van der Waals surface area contributed by atoms with Gasteiger partial charge in [-0.05, 0) is 18.6 Å². The van der Waals surface area contributed by atoms with Gasteiger partial charge in [-0.2, -0.15) is 0 Å². The van der Waals surface area contributed by atoms with Gasteiger partial charge < -0.3 is 10.4 Å². The second-order valence-corrected chi connectivity index (χ2v) is 4.35. The predicted molar refractivity (Wildman–Crippen MR) is 62.1 cm³/mol. The van der Waals surface area contributed by atoms with Crippen LogP contribution in [0.5, 0.6) is 0 Å². The van der Waals surface area contributed by atoms with Crippen molar-refractivity contribution in [3.8, 4) is 0 Å². The number of hydrogen-bond acceptors (Lipinski definition) is 3. The number of benzene rings is 1. The highest BCUT2D eigenvalue weighted by atomic mass is 19.1. The molecular weight excluding hydrogens is 242 g/mol. The van der Waals surface area contributed by atoms with Gasteiger partial charge in [0.15, 0.2) is 0 Å². The zero-order valence-electron chi connectivity index (χ0n) is 9.70. The maximum Gasteiger partial charge on any atom is 0.238 e. The molecule has 2 rings (SSSR count). The molecule has 1 aromatic rings. The number of carbonyl (C=O) groups excluding carboxylic acids is 1. The van der Waals surface area contributed by atoms with Crippen molar-refractivity contribution in [3.63, 3.8) is 0 Å². The molecule has 4 nitrogen and oxygen atoms in total. The molecule has 1 aromatic carbocycles. The van der Waals surface area contributed by atoms with Crippen LogP contribution >= 0.6 is 0 Å². The van der Waals surface area contributed by atoms with Crippen LogP contribution in [0, 0.1) is 11.6 Å². The summed E-state index contributed by atoms with van der Waals surface area (Å²) >= 11 is 0. The number of anilines is 1. The number of nitrogens with one attached hydrogen (secondary N) is 1. The Morgan fingerprint density at radius 1 is 1.50 bits per heavy atom. The zero-order chi connectivity index (χ0) is 13.1. The lowest BCUT2D eigenvalue weighted by Gasteiger charge is -2.14. The van der Waals surface area contributed by atoms with Crippen molar-refractivity contribution in [2.75, 3.05) is 25.0 Å². The van der Waals surface area contributed by atoms with Crippen molar-refractivity contribution >= 4 is 11.6 Å². The van der Waals surface area contributed by atoms with Crippen LogP contribution in [0.4, 0.5) is 14.5 Å². The van der Waals surface area contributed by atoms with Gasteiger partial charge in [-0.1, -0.05) is 0 Å². The molecule has 1 atom stereocenters. The Morgan fingerprint density at radius 2 is 2.28 bits per heavy atom. The van der Waals surface area contributed by atoms with E-state index in [2.05, 4.69) is 5.32 Å². The second-order valence-electron chi connectivity index (χ2n) is 4.35. The minimum atomic E-state index is -0.675. The van der Waals surface area contributed by atoms with E-state index in [1.165, 1.54) is 0 Å². The van der Waals surface area contributed by atoms with Crippen molar-refractivity contribution in [2.45, 2.75) is 12.5 Å². The monoisotopic (exact) mass is 256 g/mol. The van der Waals surface area contributed by atoms with E-state index in [1.54, 1.807) is 4.90 Å². The number of nitrogens with zero attached hydrogens (tertiary/aromatic N) is 1. The summed E-state index contributed by atoms with van der Waals surface area (Å²) in [5.74, 6) is -1.71. The van der Waals surface area contributed by atoms with Crippen LogP contribution in [0.2, 0.25) is 0 Å². The fourth-order valence-electron chi connectivity index (χ4n) is 1.94. The molecule has 18 heavy (non-hydrogen) atoms. The Bertz CT molecular complexity index is 454. The Hall–Kier alpha value is -1.53. The largest absolute Gasteiger partial charge is 0.392 e. The molecule has 0 radical (unpaired) electrons. The van der Waals surface area contributed by atoms with E-state index in [9.17, 15) is 18.7 Å². The molecule has 1 saturated heterocycles. The Morgan fingerprint density at radius 3 is 2.94 bits per heavy atom. The van der Waals surface area contributed by atoms with Gasteiger partial charge in [-0.25, -0.2) is 8.78 Å². The van der Waals surface area contributed by atoms with Crippen molar-refractivity contribution in [1.82, 2.24) is 4.90 Å². The van der Waals surface area contributed by atoms with E-state index in [0.717, 1.165) is 18.2 Å². The van der Waals surface area contributed by atoms with E-state index in [4.69, 9.17) is 0 Å².